The monoisotopic (exact) mass is 337 g/mol. The van der Waals surface area contributed by atoms with Crippen molar-refractivity contribution in [1.29, 1.82) is 5.26 Å². The fraction of sp³-hybridized carbons (Fsp3) is 0.0769. The average molecular weight is 338 g/mol. The van der Waals surface area contributed by atoms with Crippen LogP contribution in [-0.2, 0) is 4.74 Å². The second-order valence-electron chi connectivity index (χ2n) is 3.85. The number of rotatable bonds is 2. The van der Waals surface area contributed by atoms with E-state index in [1.54, 1.807) is 6.07 Å². The number of nitrogens with zero attached hydrogens (tertiary/aromatic N) is 2. The van der Waals surface area contributed by atoms with E-state index < -0.39 is 11.8 Å². The van der Waals surface area contributed by atoms with Gasteiger partial charge in [0, 0.05) is 6.20 Å². The van der Waals surface area contributed by atoms with E-state index in [4.69, 9.17) is 11.0 Å². The number of methoxy groups -OCH3 is 1. The summed E-state index contributed by atoms with van der Waals surface area (Å²) in [7, 11) is 1.18. The molecular formula is C13H9BrFN3O2. The van der Waals surface area contributed by atoms with E-state index in [1.807, 2.05) is 6.07 Å². The number of benzene rings is 1. The Balaban J connectivity index is 2.77. The first-order valence-electron chi connectivity index (χ1n) is 5.44. The molecule has 0 saturated carbocycles. The number of nitrogens with two attached hydrogens (primary N) is 1. The zero-order chi connectivity index (χ0) is 14.9. The molecule has 1 aromatic carbocycles. The number of aromatic nitrogens is 1. The van der Waals surface area contributed by atoms with Gasteiger partial charge in [-0.25, -0.2) is 9.18 Å². The summed E-state index contributed by atoms with van der Waals surface area (Å²) in [5.41, 5.74) is 5.78. The molecule has 0 atom stereocenters. The molecule has 1 heterocycles. The molecule has 0 fully saturated rings. The Morgan fingerprint density at radius 1 is 1.55 bits per heavy atom. The molecular weight excluding hydrogens is 329 g/mol. The number of esters is 1. The number of hydrogen-bond acceptors (Lipinski definition) is 4. The molecule has 0 aliphatic heterocycles. The first kappa shape index (κ1) is 14.1. The first-order valence-corrected chi connectivity index (χ1v) is 6.24. The lowest BCUT2D eigenvalue weighted by Crippen LogP contribution is -2.12. The summed E-state index contributed by atoms with van der Waals surface area (Å²) in [5.74, 6) is -1.32. The molecule has 0 spiro atoms. The number of anilines is 1. The minimum atomic E-state index is -0.747. The van der Waals surface area contributed by atoms with Gasteiger partial charge < -0.3 is 15.0 Å². The fourth-order valence-electron chi connectivity index (χ4n) is 1.78. The van der Waals surface area contributed by atoms with Gasteiger partial charge in [-0.2, -0.15) is 5.26 Å². The standard InChI is InChI=1S/C13H9BrFN3O2/c1-20-13(19)12-11(17)7(5-16)6-18(12)9-4-2-3-8(14)10(9)15/h2-4,6H,17H2,1H3. The SMILES string of the molecule is COC(=O)c1c(N)c(C#N)cn1-c1cccc(Br)c1F. The van der Waals surface area contributed by atoms with E-state index >= 15 is 0 Å². The van der Waals surface area contributed by atoms with E-state index in [0.717, 1.165) is 0 Å². The van der Waals surface area contributed by atoms with Crippen LogP contribution in [0, 0.1) is 17.1 Å². The molecule has 0 radical (unpaired) electrons. The molecule has 0 saturated heterocycles. The Labute approximate surface area is 122 Å². The van der Waals surface area contributed by atoms with E-state index in [1.165, 1.54) is 30.0 Å². The van der Waals surface area contributed by atoms with Crippen molar-refractivity contribution in [3.8, 4) is 11.8 Å². The highest BCUT2D eigenvalue weighted by Gasteiger charge is 2.23. The van der Waals surface area contributed by atoms with Gasteiger partial charge in [0.15, 0.2) is 11.5 Å². The van der Waals surface area contributed by atoms with E-state index in [9.17, 15) is 9.18 Å². The van der Waals surface area contributed by atoms with Crippen LogP contribution in [-0.4, -0.2) is 17.6 Å². The third kappa shape index (κ3) is 2.14. The van der Waals surface area contributed by atoms with Crippen LogP contribution in [0.1, 0.15) is 16.1 Å². The van der Waals surface area contributed by atoms with E-state index in [0.29, 0.717) is 0 Å². The highest BCUT2D eigenvalue weighted by molar-refractivity contribution is 9.10. The van der Waals surface area contributed by atoms with Crippen LogP contribution in [0.2, 0.25) is 0 Å². The van der Waals surface area contributed by atoms with Gasteiger partial charge in [0.25, 0.3) is 0 Å². The molecule has 7 heteroatoms. The smallest absolute Gasteiger partial charge is 0.357 e. The molecule has 0 unspecified atom stereocenters. The number of carbonyl (C=O) groups is 1. The molecule has 5 nitrogen and oxygen atoms in total. The van der Waals surface area contributed by atoms with Crippen LogP contribution >= 0.6 is 15.9 Å². The molecule has 2 aromatic rings. The predicted molar refractivity (Wildman–Crippen MR) is 73.9 cm³/mol. The number of hydrogen-bond donors (Lipinski definition) is 1. The lowest BCUT2D eigenvalue weighted by atomic mass is 10.2. The maximum absolute atomic E-state index is 14.1. The first-order chi connectivity index (χ1) is 9.51. The van der Waals surface area contributed by atoms with Crippen LogP contribution in [0.4, 0.5) is 10.1 Å². The van der Waals surface area contributed by atoms with Gasteiger partial charge in [0.1, 0.15) is 6.07 Å². The van der Waals surface area contributed by atoms with Gasteiger partial charge >= 0.3 is 5.97 Å². The van der Waals surface area contributed by atoms with Crippen molar-refractivity contribution in [3.63, 3.8) is 0 Å². The van der Waals surface area contributed by atoms with Crippen molar-refractivity contribution in [3.05, 3.63) is 45.9 Å². The number of carbonyl (C=O) groups excluding carboxylic acids is 1. The summed E-state index contributed by atoms with van der Waals surface area (Å²) in [6, 6.07) is 6.44. The molecule has 0 aliphatic rings. The van der Waals surface area contributed by atoms with E-state index in [2.05, 4.69) is 20.7 Å². The highest BCUT2D eigenvalue weighted by atomic mass is 79.9. The third-order valence-electron chi connectivity index (χ3n) is 2.73. The minimum absolute atomic E-state index is 0.0428. The molecule has 102 valence electrons. The van der Waals surface area contributed by atoms with Crippen molar-refractivity contribution in [2.75, 3.05) is 12.8 Å². The largest absolute Gasteiger partial charge is 0.464 e. The summed E-state index contributed by atoms with van der Waals surface area (Å²) in [6.45, 7) is 0. The van der Waals surface area contributed by atoms with E-state index in [-0.39, 0.29) is 27.1 Å². The average Bonchev–Trinajstić information content (AvgIpc) is 2.77. The van der Waals surface area contributed by atoms with Crippen molar-refractivity contribution >= 4 is 27.6 Å². The zero-order valence-electron chi connectivity index (χ0n) is 10.4. The number of nitriles is 1. The highest BCUT2D eigenvalue weighted by Crippen LogP contribution is 2.28. The number of halogens is 2. The summed E-state index contributed by atoms with van der Waals surface area (Å²) in [5, 5.41) is 8.98. The van der Waals surface area contributed by atoms with Gasteiger partial charge in [-0.15, -0.1) is 0 Å². The molecule has 2 N–H and O–H groups in total. The summed E-state index contributed by atoms with van der Waals surface area (Å²) in [6.07, 6.45) is 1.30. The molecule has 0 bridgehead atoms. The Hall–Kier alpha value is -2.33. The Bertz CT molecular complexity index is 734. The van der Waals surface area contributed by atoms with Crippen LogP contribution in [0.3, 0.4) is 0 Å². The summed E-state index contributed by atoms with van der Waals surface area (Å²) < 4.78 is 20.2. The zero-order valence-corrected chi connectivity index (χ0v) is 11.9. The number of nitrogen functional groups attached to an aromatic ring is 1. The molecule has 0 aliphatic carbocycles. The van der Waals surface area contributed by atoms with Crippen molar-refractivity contribution < 1.29 is 13.9 Å². The van der Waals surface area contributed by atoms with Gasteiger partial charge in [0.05, 0.1) is 28.5 Å². The van der Waals surface area contributed by atoms with Gasteiger partial charge in [-0.3, -0.25) is 0 Å². The van der Waals surface area contributed by atoms with Gasteiger partial charge in [0.2, 0.25) is 0 Å². The Morgan fingerprint density at radius 2 is 2.25 bits per heavy atom. The molecule has 20 heavy (non-hydrogen) atoms. The third-order valence-corrected chi connectivity index (χ3v) is 3.35. The van der Waals surface area contributed by atoms with Crippen molar-refractivity contribution in [2.24, 2.45) is 0 Å². The van der Waals surface area contributed by atoms with Crippen molar-refractivity contribution in [2.45, 2.75) is 0 Å². The Kier molecular flexibility index (Phi) is 3.77. The minimum Gasteiger partial charge on any atom is -0.464 e. The Morgan fingerprint density at radius 3 is 2.85 bits per heavy atom. The second kappa shape index (κ2) is 5.35. The van der Waals surface area contributed by atoms with Crippen LogP contribution in [0.15, 0.2) is 28.9 Å². The lowest BCUT2D eigenvalue weighted by Gasteiger charge is -2.10. The molecule has 2 rings (SSSR count). The molecule has 1 aromatic heterocycles. The quantitative estimate of drug-likeness (QED) is 0.854. The summed E-state index contributed by atoms with van der Waals surface area (Å²) in [4.78, 5) is 11.8. The van der Waals surface area contributed by atoms with Gasteiger partial charge in [-0.1, -0.05) is 6.07 Å². The van der Waals surface area contributed by atoms with Crippen LogP contribution in [0.25, 0.3) is 5.69 Å². The predicted octanol–water partition coefficient (Wildman–Crippen LogP) is 2.62. The van der Waals surface area contributed by atoms with Crippen LogP contribution < -0.4 is 5.73 Å². The van der Waals surface area contributed by atoms with Gasteiger partial charge in [-0.05, 0) is 28.1 Å². The summed E-state index contributed by atoms with van der Waals surface area (Å²) >= 11 is 3.06. The van der Waals surface area contributed by atoms with Crippen molar-refractivity contribution in [1.82, 2.24) is 4.57 Å². The normalized spacial score (nSPS) is 10.1. The second-order valence-corrected chi connectivity index (χ2v) is 4.71. The lowest BCUT2D eigenvalue weighted by molar-refractivity contribution is 0.0593. The molecule has 0 amide bonds. The topological polar surface area (TPSA) is 81.0 Å². The fourth-order valence-corrected chi connectivity index (χ4v) is 2.14. The van der Waals surface area contributed by atoms with Crippen LogP contribution in [0.5, 0.6) is 0 Å². The maximum Gasteiger partial charge on any atom is 0.357 e. The number of ether oxygens (including phenoxy) is 1. The maximum atomic E-state index is 14.1.